The van der Waals surface area contributed by atoms with Crippen molar-refractivity contribution >= 4 is 21.5 Å². The Balaban J connectivity index is 0.000000185. The van der Waals surface area contributed by atoms with E-state index in [1.807, 2.05) is 0 Å². The summed E-state index contributed by atoms with van der Waals surface area (Å²) in [7, 11) is 0. The Labute approximate surface area is 264 Å². The van der Waals surface area contributed by atoms with Crippen molar-refractivity contribution < 1.29 is 53.4 Å². The quantitative estimate of drug-likeness (QED) is 0.196. The van der Waals surface area contributed by atoms with Gasteiger partial charge in [-0.1, -0.05) is 45.2 Å². The Morgan fingerprint density at radius 3 is 1.43 bits per heavy atom. The van der Waals surface area contributed by atoms with Gasteiger partial charge >= 0.3 is 12.7 Å². The number of benzene rings is 4. The molecule has 0 bridgehead atoms. The second-order valence-corrected chi connectivity index (χ2v) is 12.2. The van der Waals surface area contributed by atoms with Crippen LogP contribution >= 0.6 is 0 Å². The maximum absolute atomic E-state index is 14.4. The molecule has 0 aliphatic heterocycles. The van der Waals surface area contributed by atoms with Crippen molar-refractivity contribution in [3.8, 4) is 11.5 Å². The highest BCUT2D eigenvalue weighted by Gasteiger charge is 2.36. The molecule has 4 aromatic carbocycles. The predicted octanol–water partition coefficient (Wildman–Crippen LogP) is 11.5. The zero-order chi connectivity index (χ0) is 34.3. The first-order valence-electron chi connectivity index (χ1n) is 15.4. The van der Waals surface area contributed by atoms with Crippen LogP contribution in [-0.4, -0.2) is 12.7 Å². The lowest BCUT2D eigenvalue weighted by atomic mass is 9.80. The van der Waals surface area contributed by atoms with Crippen LogP contribution in [0.15, 0.2) is 36.4 Å². The van der Waals surface area contributed by atoms with Gasteiger partial charge in [0, 0.05) is 10.8 Å². The third kappa shape index (κ3) is 7.89. The van der Waals surface area contributed by atoms with E-state index in [0.717, 1.165) is 92.2 Å². The molecule has 0 saturated heterocycles. The van der Waals surface area contributed by atoms with Crippen molar-refractivity contribution in [3.63, 3.8) is 0 Å². The fourth-order valence-corrected chi connectivity index (χ4v) is 6.71. The number of alkyl halides is 6. The van der Waals surface area contributed by atoms with Crippen LogP contribution in [0, 0.1) is 35.1 Å². The normalized spacial score (nSPS) is 18.0. The monoisotopic (exact) mass is 674 g/mol. The van der Waals surface area contributed by atoms with Gasteiger partial charge < -0.3 is 9.47 Å². The molecule has 2 aliphatic carbocycles. The number of fused-ring (bicyclic) bond motifs is 4. The molecule has 0 fully saturated rings. The summed E-state index contributed by atoms with van der Waals surface area (Å²) in [4.78, 5) is 0. The molecule has 0 saturated carbocycles. The van der Waals surface area contributed by atoms with Crippen LogP contribution in [0.3, 0.4) is 0 Å². The topological polar surface area (TPSA) is 18.5 Å². The Morgan fingerprint density at radius 1 is 0.596 bits per heavy atom. The maximum atomic E-state index is 14.4. The number of hydrogen-bond acceptors (Lipinski definition) is 2. The van der Waals surface area contributed by atoms with Gasteiger partial charge in [-0.05, 0) is 108 Å². The smallest absolute Gasteiger partial charge is 0.399 e. The third-order valence-electron chi connectivity index (χ3n) is 8.98. The van der Waals surface area contributed by atoms with Crippen molar-refractivity contribution in [2.75, 3.05) is 0 Å². The summed E-state index contributed by atoms with van der Waals surface area (Å²) >= 11 is 0. The van der Waals surface area contributed by atoms with E-state index >= 15 is 0 Å². The van der Waals surface area contributed by atoms with Crippen LogP contribution in [-0.2, 0) is 25.7 Å². The second kappa shape index (κ2) is 13.4. The molecule has 0 heterocycles. The van der Waals surface area contributed by atoms with E-state index in [4.69, 9.17) is 0 Å². The van der Waals surface area contributed by atoms with Crippen molar-refractivity contribution in [2.45, 2.75) is 84.4 Å². The fourth-order valence-electron chi connectivity index (χ4n) is 6.71. The number of halogens is 10. The first-order chi connectivity index (χ1) is 22.1. The van der Waals surface area contributed by atoms with Crippen LogP contribution in [0.1, 0.15) is 68.2 Å². The largest absolute Gasteiger partial charge is 0.573 e. The Kier molecular flexibility index (Phi) is 9.89. The summed E-state index contributed by atoms with van der Waals surface area (Å²) in [5.74, 6) is -7.03. The van der Waals surface area contributed by atoms with Crippen LogP contribution in [0.4, 0.5) is 43.9 Å². The zero-order valence-corrected chi connectivity index (χ0v) is 25.6. The molecule has 0 radical (unpaired) electrons. The molecule has 0 aromatic heterocycles. The summed E-state index contributed by atoms with van der Waals surface area (Å²) in [5.41, 5.74) is 3.86. The van der Waals surface area contributed by atoms with Gasteiger partial charge in [0.2, 0.25) is 11.5 Å². The van der Waals surface area contributed by atoms with E-state index in [1.165, 1.54) is 12.1 Å². The predicted molar refractivity (Wildman–Crippen MR) is 157 cm³/mol. The van der Waals surface area contributed by atoms with E-state index in [2.05, 4.69) is 23.3 Å². The SMILES string of the molecule is CCC1CCc2cc3c(F)c(OC(F)(F)F)c(F)cc3cc2C1.CCCC1CCc2cc3c(F)c(OC(F)(F)F)c(F)cc3cc2C1. The van der Waals surface area contributed by atoms with Crippen LogP contribution in [0.5, 0.6) is 11.5 Å². The first-order valence-corrected chi connectivity index (χ1v) is 15.4. The number of aryl methyl sites for hydroxylation is 2. The molecular weight excluding hydrogens is 642 g/mol. The molecular formula is C35H32F10O2. The third-order valence-corrected chi connectivity index (χ3v) is 8.98. The van der Waals surface area contributed by atoms with Crippen molar-refractivity contribution in [2.24, 2.45) is 11.8 Å². The number of rotatable bonds is 5. The van der Waals surface area contributed by atoms with Crippen LogP contribution in [0.2, 0.25) is 0 Å². The first kappa shape index (κ1) is 34.6. The molecule has 47 heavy (non-hydrogen) atoms. The van der Waals surface area contributed by atoms with Gasteiger partial charge in [0.25, 0.3) is 0 Å². The molecule has 2 nitrogen and oxygen atoms in total. The average molecular weight is 675 g/mol. The van der Waals surface area contributed by atoms with E-state index in [-0.39, 0.29) is 21.5 Å². The lowest BCUT2D eigenvalue weighted by molar-refractivity contribution is -0.277. The van der Waals surface area contributed by atoms with E-state index < -0.39 is 47.5 Å². The number of ether oxygens (including phenoxy) is 2. The molecule has 254 valence electrons. The van der Waals surface area contributed by atoms with Crippen molar-refractivity contribution in [1.82, 2.24) is 0 Å². The van der Waals surface area contributed by atoms with Gasteiger partial charge in [-0.2, -0.15) is 0 Å². The minimum Gasteiger partial charge on any atom is -0.399 e. The molecule has 2 atom stereocenters. The highest BCUT2D eigenvalue weighted by atomic mass is 19.4. The molecule has 4 aromatic rings. The minimum absolute atomic E-state index is 0.0386. The standard InChI is InChI=1S/C18H17F5O.C17H15F5O/c1-2-3-10-4-5-11-8-14-13(7-12(11)6-10)9-15(19)17(16(14)20)24-18(21,22)23;1-2-9-3-4-10-7-13-12(6-11(10)5-9)8-14(18)16(15(13)19)23-17(20,21)22/h7-10H,2-6H2,1H3;6-9H,2-5H2,1H3. The Morgan fingerprint density at radius 2 is 1.02 bits per heavy atom. The molecule has 2 aliphatic rings. The number of hydrogen-bond donors (Lipinski definition) is 0. The van der Waals surface area contributed by atoms with Gasteiger partial charge in [0.15, 0.2) is 23.3 Å². The van der Waals surface area contributed by atoms with Crippen molar-refractivity contribution in [3.05, 3.63) is 81.9 Å². The fraction of sp³-hybridized carbons (Fsp3) is 0.429. The van der Waals surface area contributed by atoms with Gasteiger partial charge in [-0.25, -0.2) is 17.6 Å². The average Bonchev–Trinajstić information content (AvgIpc) is 2.99. The Bertz CT molecular complexity index is 1780. The van der Waals surface area contributed by atoms with Gasteiger partial charge in [-0.3, -0.25) is 0 Å². The summed E-state index contributed by atoms with van der Waals surface area (Å²) in [5, 5.41) is 0.433. The highest BCUT2D eigenvalue weighted by molar-refractivity contribution is 5.87. The summed E-state index contributed by atoms with van der Waals surface area (Å²) in [6, 6.07) is 8.23. The summed E-state index contributed by atoms with van der Waals surface area (Å²) < 4.78 is 137. The molecule has 12 heteroatoms. The lowest BCUT2D eigenvalue weighted by Gasteiger charge is -2.25. The van der Waals surface area contributed by atoms with E-state index in [0.29, 0.717) is 11.8 Å². The molecule has 0 amide bonds. The molecule has 0 N–H and O–H groups in total. The summed E-state index contributed by atoms with van der Waals surface area (Å²) in [6.45, 7) is 4.21. The summed E-state index contributed by atoms with van der Waals surface area (Å²) in [6.07, 6.45) is -1.99. The minimum atomic E-state index is -5.14. The second-order valence-electron chi connectivity index (χ2n) is 12.2. The van der Waals surface area contributed by atoms with Crippen LogP contribution < -0.4 is 9.47 Å². The van der Waals surface area contributed by atoms with Gasteiger partial charge in [0.1, 0.15) is 0 Å². The molecule has 0 spiro atoms. The maximum Gasteiger partial charge on any atom is 0.573 e. The zero-order valence-electron chi connectivity index (χ0n) is 25.6. The van der Waals surface area contributed by atoms with Gasteiger partial charge in [-0.15, -0.1) is 26.3 Å². The lowest BCUT2D eigenvalue weighted by Crippen LogP contribution is -2.19. The van der Waals surface area contributed by atoms with Crippen LogP contribution in [0.25, 0.3) is 21.5 Å². The molecule has 6 rings (SSSR count). The highest BCUT2D eigenvalue weighted by Crippen LogP contribution is 2.39. The Hall–Kier alpha value is -3.70. The van der Waals surface area contributed by atoms with E-state index in [1.54, 1.807) is 12.1 Å². The van der Waals surface area contributed by atoms with Crippen molar-refractivity contribution in [1.29, 1.82) is 0 Å². The van der Waals surface area contributed by atoms with Gasteiger partial charge in [0.05, 0.1) is 0 Å². The van der Waals surface area contributed by atoms with E-state index in [9.17, 15) is 43.9 Å². The molecule has 2 unspecified atom stereocenters.